The summed E-state index contributed by atoms with van der Waals surface area (Å²) in [6.45, 7) is 43.3. The molecular weight excluding hydrogens is 2010 g/mol. The number of carbonyl (C=O) groups excluding carboxylic acids is 11. The number of amides is 13. The summed E-state index contributed by atoms with van der Waals surface area (Å²) in [6.07, 6.45) is 10.5. The first kappa shape index (κ1) is 116. The number of benzene rings is 3. The van der Waals surface area contributed by atoms with E-state index in [1.807, 2.05) is 117 Å². The number of methoxy groups -OCH3 is 3. The molecule has 6 heterocycles. The number of sulfonamides is 3. The molecule has 13 amide bonds. The van der Waals surface area contributed by atoms with Crippen molar-refractivity contribution < 1.29 is 106 Å². The summed E-state index contributed by atoms with van der Waals surface area (Å²) >= 11 is 0. The number of pyridine rings is 3. The molecule has 45 heteroatoms. The van der Waals surface area contributed by atoms with Gasteiger partial charge in [0.1, 0.15) is 82.4 Å². The van der Waals surface area contributed by atoms with Crippen LogP contribution < -0.4 is 85.5 Å². The number of carbonyl (C=O) groups is 11. The second-order valence-corrected chi connectivity index (χ2v) is 52.5. The van der Waals surface area contributed by atoms with Crippen LogP contribution >= 0.6 is 24.8 Å². The number of halogens is 2. The molecule has 0 spiro atoms. The Morgan fingerprint density at radius 3 is 0.878 bits per heavy atom. The topological polar surface area (TPSA) is 540 Å². The summed E-state index contributed by atoms with van der Waals surface area (Å²) in [5.41, 5.74) is -1.56. The molecule has 9 fully saturated rings. The monoisotopic (exact) mass is 2150 g/mol. The molecule has 6 saturated carbocycles. The van der Waals surface area contributed by atoms with E-state index in [9.17, 15) is 78.0 Å². The lowest BCUT2D eigenvalue weighted by atomic mass is 9.85. The molecule has 6 aliphatic carbocycles. The highest BCUT2D eigenvalue weighted by atomic mass is 35.5. The van der Waals surface area contributed by atoms with Crippen molar-refractivity contribution in [2.75, 3.05) is 41.0 Å². The van der Waals surface area contributed by atoms with Crippen LogP contribution in [0.25, 0.3) is 32.3 Å². The number of fused-ring (bicyclic) bond motifs is 3. The van der Waals surface area contributed by atoms with E-state index in [1.165, 1.54) is 32.9 Å². The van der Waals surface area contributed by atoms with Crippen LogP contribution in [0.4, 0.5) is 9.59 Å². The Bertz CT molecular complexity index is 6280. The first-order valence-electron chi connectivity index (χ1n) is 49.0. The lowest BCUT2D eigenvalue weighted by Crippen LogP contribution is -2.61. The highest BCUT2D eigenvalue weighted by Crippen LogP contribution is 2.52. The van der Waals surface area contributed by atoms with Gasteiger partial charge >= 0.3 is 12.1 Å². The molecule has 3 aromatic carbocycles. The fourth-order valence-corrected chi connectivity index (χ4v) is 22.1. The Labute approximate surface area is 877 Å². The van der Waals surface area contributed by atoms with Gasteiger partial charge in [-0.2, -0.15) is 0 Å². The number of urea groups is 2. The summed E-state index contributed by atoms with van der Waals surface area (Å²) in [6, 6.07) is 14.4. The number of nitrogens with two attached hydrogens (primary N) is 1. The van der Waals surface area contributed by atoms with Gasteiger partial charge in [-0.25, -0.2) is 49.8 Å². The smallest absolute Gasteiger partial charge is 0.315 e. The molecule has 40 nitrogen and oxygen atoms in total. The Hall–Kier alpha value is -11.9. The van der Waals surface area contributed by atoms with Crippen molar-refractivity contribution in [2.45, 2.75) is 298 Å². The zero-order valence-corrected chi connectivity index (χ0v) is 91.8. The lowest BCUT2D eigenvalue weighted by Gasteiger charge is -2.36. The molecule has 3 saturated heterocycles. The maximum Gasteiger partial charge on any atom is 0.315 e. The van der Waals surface area contributed by atoms with E-state index in [-0.39, 0.29) is 83.0 Å². The van der Waals surface area contributed by atoms with Gasteiger partial charge < -0.3 is 86.1 Å². The van der Waals surface area contributed by atoms with Crippen LogP contribution in [0.3, 0.4) is 0 Å². The molecule has 810 valence electrons. The summed E-state index contributed by atoms with van der Waals surface area (Å²) in [4.78, 5) is 169. The number of hydrogen-bond donors (Lipinski definition) is 11. The molecule has 3 aliphatic heterocycles. The molecule has 0 unspecified atom stereocenters. The molecule has 15 atom stereocenters. The van der Waals surface area contributed by atoms with Crippen molar-refractivity contribution in [3.63, 3.8) is 0 Å². The van der Waals surface area contributed by atoms with Gasteiger partial charge in [0.2, 0.25) is 83.2 Å². The minimum absolute atomic E-state index is 0. The third kappa shape index (κ3) is 25.3. The SMILES string of the molecule is C=C[C@@H]1C[C@]1(NC(=O)[C@@H]1C[C@@H](Oc2nccc3cc(OC)ccc23)CN1C(=O)[C@@H](N)C(C)(C)C)C(=O)NS(=O)(=O)C1(C)CC1.C=C[C@@H]1C[C@]1(NC(=O)[C@@H]1C[C@@H](Oc2nccc3cc(OC)ccc23)CN1C(=O)[C@@H](NC(=O)NC(C)(C)C)C(C)(C)C)C(=O)NS(=O)(=O)C1(C)CC1.C=C[C@@H]1C[C@]1(NC(=O)[C@@H]1C[C@@H](Oc2nccc3cc(OC)ccc23)CN1C(=O)[C@@H](NC(=O)NC(C)(C)C)C(C)(C)C)C(=O)NS(=O)(=O)C1(C)CC1.Cl.Cl. The predicted molar refractivity (Wildman–Crippen MR) is 561 cm³/mol. The number of nitrogens with zero attached hydrogens (tertiary/aromatic N) is 6. The van der Waals surface area contributed by atoms with E-state index in [4.69, 9.17) is 34.2 Å². The molecular formula is C103H143Cl2N17O23S3. The fraction of sp³-hybridized carbons (Fsp3) is 0.573. The van der Waals surface area contributed by atoms with Gasteiger partial charge in [-0.15, -0.1) is 44.6 Å². The predicted octanol–water partition coefficient (Wildman–Crippen LogP) is 9.20. The van der Waals surface area contributed by atoms with Gasteiger partial charge in [-0.05, 0) is 225 Å². The van der Waals surface area contributed by atoms with Crippen molar-refractivity contribution in [2.24, 2.45) is 39.7 Å². The van der Waals surface area contributed by atoms with Crippen LogP contribution in [0.15, 0.2) is 129 Å². The van der Waals surface area contributed by atoms with Crippen molar-refractivity contribution >= 4 is 152 Å². The van der Waals surface area contributed by atoms with Gasteiger partial charge in [-0.3, -0.25) is 57.3 Å². The number of rotatable bonds is 32. The van der Waals surface area contributed by atoms with Gasteiger partial charge in [0.25, 0.3) is 17.7 Å². The molecule has 9 aliphatic rings. The van der Waals surface area contributed by atoms with Crippen LogP contribution in [0.5, 0.6) is 34.9 Å². The van der Waals surface area contributed by atoms with Crippen LogP contribution in [-0.2, 0) is 73.2 Å². The van der Waals surface area contributed by atoms with Crippen LogP contribution in [0.1, 0.15) is 202 Å². The average molecular weight is 2150 g/mol. The van der Waals surface area contributed by atoms with E-state index in [2.05, 4.69) is 86.1 Å². The summed E-state index contributed by atoms with van der Waals surface area (Å²) in [5.74, 6) is -4.50. The van der Waals surface area contributed by atoms with E-state index < -0.39 is 226 Å². The standard InChI is InChI=1S/2C36H50N6O8S.C31H41N5O7S.2ClH/c2*1-10-22-19-36(22,31(45)41-51(47,48)35(8)14-15-35)39-28(43)26-18-24(50-29-25-12-11-23(49-9)17-21(25)13-16-37-29)20-42(26)30(44)27(33(2,3)4)38-32(46)40-34(5,6)7;1-7-19-16-31(19,28(39)35-44(40,41)30(5)11-12-30)34-25(37)23-15-21(17-36(23)27(38)24(32)29(2,3)4)43-26-22-9-8-20(42-6)14-18(22)10-13-33-26;;/h2*10-13,16-17,22,24,26-27H,1,14-15,18-20H2,2-9H3,(H,39,43)(H,41,45)(H2,38,40,46);7-10,13-14,19,21,23-24H,1,11-12,15-17,32H2,2-6H3,(H,34,37)(H,35,39);2*1H/t2*22-,24-,26+,27-,36-;19-,21-,23+,24-,31-;;/m111../s1. The van der Waals surface area contributed by atoms with Crippen molar-refractivity contribution in [3.05, 3.63) is 129 Å². The number of aromatic nitrogens is 3. The fourth-order valence-electron chi connectivity index (χ4n) is 18.2. The van der Waals surface area contributed by atoms with Crippen LogP contribution in [0, 0.1) is 34.0 Å². The summed E-state index contributed by atoms with van der Waals surface area (Å²) in [7, 11) is -7.19. The van der Waals surface area contributed by atoms with Gasteiger partial charge in [0.05, 0.1) is 61.2 Å². The highest BCUT2D eigenvalue weighted by molar-refractivity contribution is 7.92. The van der Waals surface area contributed by atoms with Gasteiger partial charge in [0, 0.05) is 82.8 Å². The largest absolute Gasteiger partial charge is 0.497 e. The first-order chi connectivity index (χ1) is 67.8. The van der Waals surface area contributed by atoms with Gasteiger partial charge in [0.15, 0.2) is 0 Å². The molecule has 0 bridgehead atoms. The number of hydrogen-bond acceptors (Lipinski definition) is 27. The quantitative estimate of drug-likeness (QED) is 0.0175. The molecule has 6 aromatic rings. The zero-order valence-electron chi connectivity index (χ0n) is 87.7. The normalized spacial score (nSPS) is 24.8. The van der Waals surface area contributed by atoms with Crippen molar-refractivity contribution in [3.8, 4) is 34.9 Å². The van der Waals surface area contributed by atoms with Gasteiger partial charge in [-0.1, -0.05) is 80.5 Å². The first-order valence-corrected chi connectivity index (χ1v) is 53.4. The molecule has 15 rings (SSSR count). The van der Waals surface area contributed by atoms with Crippen LogP contribution in [-0.4, -0.2) is 258 Å². The average Bonchev–Trinajstić information content (AvgIpc) is 1.57. The van der Waals surface area contributed by atoms with E-state index in [0.29, 0.717) is 84.2 Å². The van der Waals surface area contributed by atoms with Crippen LogP contribution in [0.2, 0.25) is 0 Å². The highest BCUT2D eigenvalue weighted by Gasteiger charge is 2.67. The summed E-state index contributed by atoms with van der Waals surface area (Å²) in [5, 5.41) is 24.2. The molecule has 12 N–H and O–H groups in total. The second-order valence-electron chi connectivity index (χ2n) is 45.9. The van der Waals surface area contributed by atoms with Crippen molar-refractivity contribution in [1.29, 1.82) is 0 Å². The third-order valence-corrected chi connectivity index (χ3v) is 35.3. The van der Waals surface area contributed by atoms with E-state index >= 15 is 0 Å². The number of nitrogens with one attached hydrogen (secondary N) is 10. The molecule has 148 heavy (non-hydrogen) atoms. The molecule has 0 radical (unpaired) electrons. The summed E-state index contributed by atoms with van der Waals surface area (Å²) < 4.78 is 116. The lowest BCUT2D eigenvalue weighted by molar-refractivity contribution is -0.142. The number of likely N-dealkylation sites (tertiary alicyclic amines) is 3. The minimum Gasteiger partial charge on any atom is -0.497 e. The van der Waals surface area contributed by atoms with Crippen molar-refractivity contribution in [1.82, 2.24) is 81.0 Å². The van der Waals surface area contributed by atoms with E-state index in [0.717, 1.165) is 21.5 Å². The maximum atomic E-state index is 14.5. The third-order valence-electron chi connectivity index (χ3n) is 28.8. The Morgan fingerprint density at radius 1 is 0.405 bits per heavy atom. The second kappa shape index (κ2) is 42.8. The maximum absolute atomic E-state index is 14.5. The van der Waals surface area contributed by atoms with E-state index in [1.54, 1.807) is 120 Å². The number of ether oxygens (including phenoxy) is 6. The Balaban J connectivity index is 0.000000210. The Kier molecular flexibility index (Phi) is 33.7. The molecule has 3 aromatic heterocycles. The minimum atomic E-state index is -3.99. The zero-order chi connectivity index (χ0) is 108. The Morgan fingerprint density at radius 2 is 0.662 bits per heavy atom.